The Labute approximate surface area is 161 Å². The molecular weight excluding hydrogens is 400 g/mol. The number of nitrogens with zero attached hydrogens (tertiary/aromatic N) is 4. The highest BCUT2D eigenvalue weighted by Gasteiger charge is 2.46. The first-order chi connectivity index (χ1) is 13.2. The van der Waals surface area contributed by atoms with Crippen molar-refractivity contribution in [3.05, 3.63) is 47.2 Å². The molecule has 2 aromatic heterocycles. The van der Waals surface area contributed by atoms with Gasteiger partial charge < -0.3 is 4.90 Å². The second-order valence-electron chi connectivity index (χ2n) is 6.54. The van der Waals surface area contributed by atoms with Gasteiger partial charge in [-0.1, -0.05) is 11.6 Å². The van der Waals surface area contributed by atoms with E-state index in [0.29, 0.717) is 22.2 Å². The molecule has 0 spiro atoms. The van der Waals surface area contributed by atoms with Crippen LogP contribution in [0.2, 0.25) is 5.15 Å². The normalized spacial score (nSPS) is 15.9. The van der Waals surface area contributed by atoms with Crippen LogP contribution in [-0.4, -0.2) is 51.0 Å². The molecule has 0 saturated carbocycles. The van der Waals surface area contributed by atoms with E-state index >= 15 is 0 Å². The number of halogens is 5. The molecule has 0 aliphatic carbocycles. The fraction of sp³-hybridized carbons (Fsp3) is 0.278. The third-order valence-electron chi connectivity index (χ3n) is 4.44. The molecule has 4 rings (SSSR count). The van der Waals surface area contributed by atoms with Crippen LogP contribution in [0.1, 0.15) is 10.4 Å². The number of carbonyl (C=O) groups is 1. The molecule has 1 saturated heterocycles. The summed E-state index contributed by atoms with van der Waals surface area (Å²) in [4.78, 5) is 17.4. The quantitative estimate of drug-likeness (QED) is 0.478. The summed E-state index contributed by atoms with van der Waals surface area (Å²) < 4.78 is 53.2. The van der Waals surface area contributed by atoms with Crippen molar-refractivity contribution in [1.29, 1.82) is 0 Å². The highest BCUT2D eigenvalue weighted by Crippen LogP contribution is 2.32. The molecule has 28 heavy (non-hydrogen) atoms. The van der Waals surface area contributed by atoms with E-state index in [1.165, 1.54) is 30.5 Å². The van der Waals surface area contributed by atoms with Gasteiger partial charge in [-0.2, -0.15) is 5.10 Å². The number of fused-ring (bicyclic) bond motifs is 1. The van der Waals surface area contributed by atoms with E-state index in [4.69, 9.17) is 11.6 Å². The minimum absolute atomic E-state index is 0.181. The van der Waals surface area contributed by atoms with E-state index in [9.17, 15) is 22.4 Å². The summed E-state index contributed by atoms with van der Waals surface area (Å²) in [5.74, 6) is -3.42. The zero-order valence-electron chi connectivity index (χ0n) is 14.2. The van der Waals surface area contributed by atoms with E-state index in [-0.39, 0.29) is 10.7 Å². The Kier molecular flexibility index (Phi) is 4.49. The van der Waals surface area contributed by atoms with Gasteiger partial charge in [0.1, 0.15) is 17.4 Å². The number of aromatic nitrogens is 3. The first-order valence-electron chi connectivity index (χ1n) is 8.31. The molecule has 3 heterocycles. The fourth-order valence-electron chi connectivity index (χ4n) is 3.18. The van der Waals surface area contributed by atoms with E-state index in [0.717, 1.165) is 9.58 Å². The van der Waals surface area contributed by atoms with Crippen molar-refractivity contribution in [2.24, 2.45) is 0 Å². The standard InChI is InChI=1S/C18H13ClF4N4O/c19-14-6-10(3-4-24-14)16-12-5-11(17(28)26-8-18(22,23)9-26)1-2-13(12)27(25-16)7-15(20)21/h1-6,15H,7-9H2. The second-order valence-corrected chi connectivity index (χ2v) is 6.93. The van der Waals surface area contributed by atoms with E-state index in [1.807, 2.05) is 0 Å². The lowest BCUT2D eigenvalue weighted by molar-refractivity contribution is -0.113. The van der Waals surface area contributed by atoms with Gasteiger partial charge in [0.05, 0.1) is 18.6 Å². The maximum atomic E-state index is 13.1. The maximum absolute atomic E-state index is 13.1. The van der Waals surface area contributed by atoms with Crippen LogP contribution in [-0.2, 0) is 6.54 Å². The minimum Gasteiger partial charge on any atom is -0.326 e. The minimum atomic E-state index is -2.87. The van der Waals surface area contributed by atoms with Crippen LogP contribution in [0.25, 0.3) is 22.2 Å². The fourth-order valence-corrected chi connectivity index (χ4v) is 3.36. The molecule has 1 fully saturated rings. The van der Waals surface area contributed by atoms with Crippen LogP contribution in [0.5, 0.6) is 0 Å². The lowest BCUT2D eigenvalue weighted by Crippen LogP contribution is -2.58. The predicted octanol–water partition coefficient (Wildman–Crippen LogP) is 4.11. The van der Waals surface area contributed by atoms with Gasteiger partial charge in [-0.25, -0.2) is 22.5 Å². The van der Waals surface area contributed by atoms with E-state index < -0.39 is 37.9 Å². The molecule has 1 aromatic carbocycles. The Morgan fingerprint density at radius 3 is 2.61 bits per heavy atom. The highest BCUT2D eigenvalue weighted by molar-refractivity contribution is 6.29. The summed E-state index contributed by atoms with van der Waals surface area (Å²) >= 11 is 5.92. The number of likely N-dealkylation sites (tertiary alicyclic amines) is 1. The number of carbonyl (C=O) groups excluding carboxylic acids is 1. The number of alkyl halides is 4. The van der Waals surface area contributed by atoms with E-state index in [1.54, 1.807) is 6.07 Å². The molecule has 0 bridgehead atoms. The summed E-state index contributed by atoms with van der Waals surface area (Å²) in [6.07, 6.45) is -1.17. The number of pyridine rings is 1. The molecule has 0 atom stereocenters. The van der Waals surface area contributed by atoms with Crippen molar-refractivity contribution >= 4 is 28.4 Å². The molecule has 1 amide bonds. The van der Waals surface area contributed by atoms with Crippen molar-refractivity contribution in [2.75, 3.05) is 13.1 Å². The van der Waals surface area contributed by atoms with Crippen molar-refractivity contribution in [1.82, 2.24) is 19.7 Å². The summed E-state index contributed by atoms with van der Waals surface area (Å²) in [6, 6.07) is 7.54. The van der Waals surface area contributed by atoms with Gasteiger partial charge in [0, 0.05) is 22.7 Å². The summed E-state index contributed by atoms with van der Waals surface area (Å²) in [6.45, 7) is -1.90. The molecule has 5 nitrogen and oxygen atoms in total. The average molecular weight is 413 g/mol. The van der Waals surface area contributed by atoms with Gasteiger partial charge in [0.15, 0.2) is 0 Å². The van der Waals surface area contributed by atoms with Crippen molar-refractivity contribution in [3.8, 4) is 11.3 Å². The third-order valence-corrected chi connectivity index (χ3v) is 4.65. The number of hydrogen-bond donors (Lipinski definition) is 0. The lowest BCUT2D eigenvalue weighted by Gasteiger charge is -2.38. The second kappa shape index (κ2) is 6.73. The maximum Gasteiger partial charge on any atom is 0.282 e. The Hall–Kier alpha value is -2.68. The van der Waals surface area contributed by atoms with Gasteiger partial charge in [0.25, 0.3) is 18.3 Å². The Morgan fingerprint density at radius 2 is 1.96 bits per heavy atom. The van der Waals surface area contributed by atoms with Crippen molar-refractivity contribution < 1.29 is 22.4 Å². The van der Waals surface area contributed by atoms with Crippen LogP contribution in [0.3, 0.4) is 0 Å². The zero-order chi connectivity index (χ0) is 20.1. The van der Waals surface area contributed by atoms with Gasteiger partial charge in [-0.05, 0) is 30.3 Å². The first-order valence-corrected chi connectivity index (χ1v) is 8.69. The van der Waals surface area contributed by atoms with Crippen molar-refractivity contribution in [3.63, 3.8) is 0 Å². The first kappa shape index (κ1) is 18.7. The Morgan fingerprint density at radius 1 is 1.21 bits per heavy atom. The van der Waals surface area contributed by atoms with Gasteiger partial charge in [-0.15, -0.1) is 0 Å². The van der Waals surface area contributed by atoms with Crippen LogP contribution >= 0.6 is 11.6 Å². The number of hydrogen-bond acceptors (Lipinski definition) is 3. The number of benzene rings is 1. The monoisotopic (exact) mass is 412 g/mol. The highest BCUT2D eigenvalue weighted by atomic mass is 35.5. The molecule has 1 aliphatic heterocycles. The molecule has 3 aromatic rings. The Bertz CT molecular complexity index is 1060. The third kappa shape index (κ3) is 3.42. The summed E-state index contributed by atoms with van der Waals surface area (Å²) in [5, 5.41) is 4.89. The van der Waals surface area contributed by atoms with Gasteiger partial charge in [0.2, 0.25) is 0 Å². The van der Waals surface area contributed by atoms with Crippen LogP contribution < -0.4 is 0 Å². The predicted molar refractivity (Wildman–Crippen MR) is 94.8 cm³/mol. The summed E-state index contributed by atoms with van der Waals surface area (Å²) in [7, 11) is 0. The SMILES string of the molecule is O=C(c1ccc2c(c1)c(-c1ccnc(Cl)c1)nn2CC(F)F)N1CC(F)(F)C1. The summed E-state index contributed by atoms with van der Waals surface area (Å²) in [5.41, 5.74) is 1.47. The smallest absolute Gasteiger partial charge is 0.282 e. The number of amides is 1. The molecule has 10 heteroatoms. The Balaban J connectivity index is 1.80. The lowest BCUT2D eigenvalue weighted by atomic mass is 10.0. The molecular formula is C18H13ClF4N4O. The van der Waals surface area contributed by atoms with E-state index in [2.05, 4.69) is 10.1 Å². The molecule has 0 radical (unpaired) electrons. The molecule has 146 valence electrons. The topological polar surface area (TPSA) is 51.0 Å². The molecule has 1 aliphatic rings. The van der Waals surface area contributed by atoms with Crippen LogP contribution in [0.15, 0.2) is 36.5 Å². The molecule has 0 unspecified atom stereocenters. The van der Waals surface area contributed by atoms with Crippen LogP contribution in [0.4, 0.5) is 17.6 Å². The zero-order valence-corrected chi connectivity index (χ0v) is 15.0. The van der Waals surface area contributed by atoms with Crippen molar-refractivity contribution in [2.45, 2.75) is 18.9 Å². The van der Waals surface area contributed by atoms with Gasteiger partial charge in [-0.3, -0.25) is 9.48 Å². The largest absolute Gasteiger partial charge is 0.326 e. The molecule has 0 N–H and O–H groups in total. The van der Waals surface area contributed by atoms with Gasteiger partial charge >= 0.3 is 0 Å². The van der Waals surface area contributed by atoms with Crippen LogP contribution in [0, 0.1) is 0 Å². The number of rotatable bonds is 4. The average Bonchev–Trinajstić information content (AvgIpc) is 2.96.